The number of carbonyl (C=O) groups is 1. The van der Waals surface area contributed by atoms with Gasteiger partial charge in [0.1, 0.15) is 13.7 Å². The van der Waals surface area contributed by atoms with Gasteiger partial charge < -0.3 is 14.2 Å². The highest BCUT2D eigenvalue weighted by molar-refractivity contribution is 5.70. The maximum absolute atomic E-state index is 10.3. The highest BCUT2D eigenvalue weighted by Gasteiger charge is 1.98. The van der Waals surface area contributed by atoms with Gasteiger partial charge in [-0.2, -0.15) is 0 Å². The minimum absolute atomic E-state index is 0.0800. The van der Waals surface area contributed by atoms with E-state index in [1.165, 1.54) is 7.11 Å². The van der Waals surface area contributed by atoms with Crippen LogP contribution in [-0.4, -0.2) is 26.5 Å². The molecule has 0 unspecified atom stereocenters. The zero-order chi connectivity index (χ0) is 7.11. The summed E-state index contributed by atoms with van der Waals surface area (Å²) < 4.78 is 12.7. The molecule has 0 bridgehead atoms. The number of rotatable bonds is 4. The second kappa shape index (κ2) is 5.53. The highest BCUT2D eigenvalue weighted by Crippen LogP contribution is 1.78. The van der Waals surface area contributed by atoms with Crippen molar-refractivity contribution in [3.63, 3.8) is 0 Å². The van der Waals surface area contributed by atoms with Crippen molar-refractivity contribution in [1.29, 1.82) is 0 Å². The van der Waals surface area contributed by atoms with Gasteiger partial charge in [-0.05, 0) is 0 Å². The fraction of sp³-hybridized carbons (Fsp3) is 0.600. The monoisotopic (exact) mass is 132 g/mol. The molecule has 4 heteroatoms. The van der Waals surface area contributed by atoms with Crippen LogP contribution in [0.3, 0.4) is 0 Å². The second-order valence-electron chi connectivity index (χ2n) is 1.23. The Bertz CT molecular complexity index is 81.0. The summed E-state index contributed by atoms with van der Waals surface area (Å²) >= 11 is 0. The van der Waals surface area contributed by atoms with Gasteiger partial charge in [-0.15, -0.1) is 0 Å². The molecule has 0 heterocycles. The Labute approximate surface area is 53.7 Å². The molecule has 9 heavy (non-hydrogen) atoms. The molecule has 0 spiro atoms. The Balaban J connectivity index is 3.06. The van der Waals surface area contributed by atoms with E-state index in [4.69, 9.17) is 0 Å². The number of hydrogen-bond donors (Lipinski definition) is 0. The van der Waals surface area contributed by atoms with E-state index in [1.807, 2.05) is 0 Å². The first-order chi connectivity index (χ1) is 4.31. The van der Waals surface area contributed by atoms with E-state index in [0.29, 0.717) is 0 Å². The van der Waals surface area contributed by atoms with E-state index < -0.39 is 5.97 Å². The van der Waals surface area contributed by atoms with Crippen molar-refractivity contribution in [2.75, 3.05) is 20.5 Å². The Morgan fingerprint density at radius 1 is 1.67 bits per heavy atom. The van der Waals surface area contributed by atoms with Gasteiger partial charge in [0.25, 0.3) is 0 Å². The average Bonchev–Trinajstić information content (AvgIpc) is 1.85. The maximum Gasteiger partial charge on any atom is 0.334 e. The predicted molar refractivity (Wildman–Crippen MR) is 28.2 cm³/mol. The third-order valence-electron chi connectivity index (χ3n) is 0.550. The van der Waals surface area contributed by atoms with Crippen LogP contribution in [0.2, 0.25) is 0 Å². The lowest BCUT2D eigenvalue weighted by Crippen LogP contribution is -2.12. The third-order valence-corrected chi connectivity index (χ3v) is 0.550. The quantitative estimate of drug-likeness (QED) is 0.393. The Morgan fingerprint density at radius 2 is 2.33 bits per heavy atom. The predicted octanol–water partition coefficient (Wildman–Crippen LogP) is -0.181. The molecule has 0 aliphatic rings. The largest absolute Gasteiger partial charge is 0.437 e. The molecule has 0 aliphatic heterocycles. The third kappa shape index (κ3) is 5.26. The molecular weight excluding hydrogens is 124 g/mol. The highest BCUT2D eigenvalue weighted by atomic mass is 16.7. The number of hydrogen-bond acceptors (Lipinski definition) is 4. The fourth-order valence-electron chi connectivity index (χ4n) is 0.259. The first-order valence-corrected chi connectivity index (χ1v) is 2.27. The molecule has 52 valence electrons. The van der Waals surface area contributed by atoms with Crippen molar-refractivity contribution in [3.8, 4) is 0 Å². The van der Waals surface area contributed by atoms with Crippen molar-refractivity contribution >= 4 is 5.97 Å². The number of ether oxygens (including phenoxy) is 3. The smallest absolute Gasteiger partial charge is 0.334 e. The van der Waals surface area contributed by atoms with Crippen molar-refractivity contribution in [1.82, 2.24) is 0 Å². The van der Waals surface area contributed by atoms with E-state index >= 15 is 0 Å². The molecule has 4 nitrogen and oxygen atoms in total. The minimum atomic E-state index is -0.497. The summed E-state index contributed by atoms with van der Waals surface area (Å²) in [5.41, 5.74) is 0. The van der Waals surface area contributed by atoms with Crippen LogP contribution in [0.1, 0.15) is 0 Å². The van der Waals surface area contributed by atoms with Crippen LogP contribution in [0.4, 0.5) is 0 Å². The van der Waals surface area contributed by atoms with Crippen LogP contribution in [0.5, 0.6) is 0 Å². The zero-order valence-electron chi connectivity index (χ0n) is 5.12. The first-order valence-electron chi connectivity index (χ1n) is 2.27. The van der Waals surface area contributed by atoms with Crippen LogP contribution in [0.15, 0.2) is 0 Å². The number of carbonyl (C=O) groups excluding carboxylic acids is 1. The van der Waals surface area contributed by atoms with Gasteiger partial charge in [0.15, 0.2) is 6.79 Å². The second-order valence-corrected chi connectivity index (χ2v) is 1.23. The summed E-state index contributed by atoms with van der Waals surface area (Å²) in [6.07, 6.45) is 0. The lowest BCUT2D eigenvalue weighted by atomic mass is 10.7. The maximum atomic E-state index is 10.3. The van der Waals surface area contributed by atoms with E-state index in [2.05, 4.69) is 21.3 Å². The Kier molecular flexibility index (Phi) is 5.15. The first kappa shape index (κ1) is 8.39. The molecule has 0 aromatic carbocycles. The van der Waals surface area contributed by atoms with Crippen LogP contribution in [0.25, 0.3) is 0 Å². The van der Waals surface area contributed by atoms with Crippen molar-refractivity contribution in [3.05, 3.63) is 7.11 Å². The van der Waals surface area contributed by atoms with Gasteiger partial charge in [-0.3, -0.25) is 0 Å². The zero-order valence-corrected chi connectivity index (χ0v) is 5.12. The molecule has 0 aromatic rings. The molecule has 0 rings (SSSR count). The van der Waals surface area contributed by atoms with E-state index in [9.17, 15) is 4.79 Å². The molecule has 0 aromatic heterocycles. The van der Waals surface area contributed by atoms with Gasteiger partial charge in [-0.1, -0.05) is 0 Å². The van der Waals surface area contributed by atoms with Crippen molar-refractivity contribution in [2.24, 2.45) is 0 Å². The molecule has 0 amide bonds. The molecular formula is C5H8O4. The Morgan fingerprint density at radius 3 is 2.78 bits per heavy atom. The molecule has 0 atom stereocenters. The lowest BCUT2D eigenvalue weighted by Gasteiger charge is -1.99. The van der Waals surface area contributed by atoms with E-state index in [0.717, 1.165) is 0 Å². The molecule has 0 fully saturated rings. The van der Waals surface area contributed by atoms with Gasteiger partial charge >= 0.3 is 5.97 Å². The van der Waals surface area contributed by atoms with Gasteiger partial charge in [-0.25, -0.2) is 4.79 Å². The van der Waals surface area contributed by atoms with Gasteiger partial charge in [0.05, 0.1) is 0 Å². The number of methoxy groups -OCH3 is 1. The molecule has 2 radical (unpaired) electrons. The standard InChI is InChI=1S/C5H8O4/c1-7-3-5(6)9-4-8-2/h2H,3-4H2,1H3. The number of esters is 1. The summed E-state index contributed by atoms with van der Waals surface area (Å²) in [5.74, 6) is -0.497. The summed E-state index contributed by atoms with van der Waals surface area (Å²) in [5, 5.41) is 0. The van der Waals surface area contributed by atoms with E-state index in [1.54, 1.807) is 0 Å². The lowest BCUT2D eigenvalue weighted by molar-refractivity contribution is -0.156. The van der Waals surface area contributed by atoms with Crippen LogP contribution in [-0.2, 0) is 19.0 Å². The SMILES string of the molecule is [CH]OCOC(=O)COC. The van der Waals surface area contributed by atoms with Crippen molar-refractivity contribution in [2.45, 2.75) is 0 Å². The topological polar surface area (TPSA) is 44.8 Å². The van der Waals surface area contributed by atoms with E-state index in [-0.39, 0.29) is 13.4 Å². The minimum Gasteiger partial charge on any atom is -0.437 e. The van der Waals surface area contributed by atoms with Crippen LogP contribution in [0, 0.1) is 7.11 Å². The summed E-state index contributed by atoms with van der Waals surface area (Å²) in [6.45, 7) is -0.314. The molecule has 0 N–H and O–H groups in total. The fourth-order valence-corrected chi connectivity index (χ4v) is 0.259. The van der Waals surface area contributed by atoms with Crippen LogP contribution < -0.4 is 0 Å². The average molecular weight is 132 g/mol. The summed E-state index contributed by atoms with van der Waals surface area (Å²) in [6, 6.07) is 0. The van der Waals surface area contributed by atoms with Crippen LogP contribution >= 0.6 is 0 Å². The normalized spacial score (nSPS) is 9.11. The molecule has 0 aliphatic carbocycles. The molecule has 0 saturated carbocycles. The summed E-state index contributed by atoms with van der Waals surface area (Å²) in [7, 11) is 5.95. The summed E-state index contributed by atoms with van der Waals surface area (Å²) in [4.78, 5) is 10.3. The van der Waals surface area contributed by atoms with Gasteiger partial charge in [0.2, 0.25) is 0 Å². The molecule has 0 saturated heterocycles. The van der Waals surface area contributed by atoms with Crippen molar-refractivity contribution < 1.29 is 19.0 Å². The Hall–Kier alpha value is -0.610. The van der Waals surface area contributed by atoms with Gasteiger partial charge in [0, 0.05) is 7.11 Å².